The summed E-state index contributed by atoms with van der Waals surface area (Å²) in [5, 5.41) is 17.7. The first-order valence-electron chi connectivity index (χ1n) is 4.88. The average molecular weight is 222 g/mol. The molecule has 0 radical (unpaired) electrons. The number of aliphatic hydroxyl groups is 1. The van der Waals surface area contributed by atoms with E-state index in [4.69, 9.17) is 14.9 Å². The first-order valence-corrected chi connectivity index (χ1v) is 4.88. The number of rotatable bonds is 5. The van der Waals surface area contributed by atoms with E-state index < -0.39 is 5.97 Å². The highest BCUT2D eigenvalue weighted by atomic mass is 16.5. The van der Waals surface area contributed by atoms with Crippen molar-refractivity contribution in [1.29, 1.82) is 0 Å². The van der Waals surface area contributed by atoms with Gasteiger partial charge in [-0.1, -0.05) is 24.3 Å². The fraction of sp³-hybridized carbons (Fsp3) is 0.250. The van der Waals surface area contributed by atoms with Crippen molar-refractivity contribution in [1.82, 2.24) is 0 Å². The second-order valence-corrected chi connectivity index (χ2v) is 3.14. The maximum atomic E-state index is 11.1. The van der Waals surface area contributed by atoms with E-state index in [1.807, 2.05) is 0 Å². The van der Waals surface area contributed by atoms with Crippen molar-refractivity contribution in [3.8, 4) is 5.75 Å². The van der Waals surface area contributed by atoms with E-state index in [2.05, 4.69) is 0 Å². The fourth-order valence-corrected chi connectivity index (χ4v) is 1.37. The van der Waals surface area contributed by atoms with Gasteiger partial charge >= 0.3 is 5.97 Å². The van der Waals surface area contributed by atoms with Crippen molar-refractivity contribution in [3.05, 3.63) is 35.4 Å². The van der Waals surface area contributed by atoms with Crippen molar-refractivity contribution in [2.75, 3.05) is 13.7 Å². The molecular weight excluding hydrogens is 208 g/mol. The predicted molar refractivity (Wildman–Crippen MR) is 60.7 cm³/mol. The van der Waals surface area contributed by atoms with Crippen LogP contribution in [0.15, 0.2) is 24.3 Å². The van der Waals surface area contributed by atoms with Crippen LogP contribution in [-0.4, -0.2) is 29.9 Å². The van der Waals surface area contributed by atoms with Gasteiger partial charge in [-0.05, 0) is 18.1 Å². The van der Waals surface area contributed by atoms with Gasteiger partial charge in [0.1, 0.15) is 11.3 Å². The third-order valence-corrected chi connectivity index (χ3v) is 2.09. The minimum absolute atomic E-state index is 0.0445. The smallest absolute Gasteiger partial charge is 0.340 e. The van der Waals surface area contributed by atoms with Crippen LogP contribution in [0.25, 0.3) is 6.08 Å². The van der Waals surface area contributed by atoms with Crippen LogP contribution in [0.4, 0.5) is 0 Å². The number of carboxylic acid groups (broad SMARTS) is 1. The van der Waals surface area contributed by atoms with Crippen LogP contribution in [0.2, 0.25) is 0 Å². The Morgan fingerprint density at radius 1 is 1.50 bits per heavy atom. The molecule has 1 rings (SSSR count). The molecule has 0 saturated carbocycles. The zero-order chi connectivity index (χ0) is 12.0. The fourth-order valence-electron chi connectivity index (χ4n) is 1.37. The van der Waals surface area contributed by atoms with E-state index in [-0.39, 0.29) is 12.2 Å². The molecule has 0 aromatic heterocycles. The van der Waals surface area contributed by atoms with Gasteiger partial charge in [-0.2, -0.15) is 0 Å². The zero-order valence-electron chi connectivity index (χ0n) is 9.01. The zero-order valence-corrected chi connectivity index (χ0v) is 9.01. The third-order valence-electron chi connectivity index (χ3n) is 2.09. The number of aromatic carboxylic acids is 1. The number of aliphatic hydroxyl groups excluding tert-OH is 1. The lowest BCUT2D eigenvalue weighted by molar-refractivity contribution is 0.0693. The Morgan fingerprint density at radius 2 is 2.25 bits per heavy atom. The lowest BCUT2D eigenvalue weighted by Crippen LogP contribution is -2.03. The predicted octanol–water partition coefficient (Wildman–Crippen LogP) is 1.79. The van der Waals surface area contributed by atoms with E-state index in [1.54, 1.807) is 30.4 Å². The average Bonchev–Trinajstić information content (AvgIpc) is 2.28. The monoisotopic (exact) mass is 222 g/mol. The van der Waals surface area contributed by atoms with Gasteiger partial charge in [-0.25, -0.2) is 4.79 Å². The minimum atomic E-state index is -1.03. The quantitative estimate of drug-likeness (QED) is 0.797. The summed E-state index contributed by atoms with van der Waals surface area (Å²) in [7, 11) is 1.43. The van der Waals surface area contributed by atoms with Crippen LogP contribution in [0.3, 0.4) is 0 Å². The van der Waals surface area contributed by atoms with Gasteiger partial charge < -0.3 is 14.9 Å². The standard InChI is InChI=1S/C12H14O4/c1-16-10-7-4-6-9(5-2-3-8-13)11(10)12(14)15/h2,4-7,13H,3,8H2,1H3,(H,14,15). The Balaban J connectivity index is 3.12. The van der Waals surface area contributed by atoms with Gasteiger partial charge in [-0.15, -0.1) is 0 Å². The number of carbonyl (C=O) groups is 1. The minimum Gasteiger partial charge on any atom is -0.496 e. The van der Waals surface area contributed by atoms with Gasteiger partial charge in [-0.3, -0.25) is 0 Å². The highest BCUT2D eigenvalue weighted by Gasteiger charge is 2.13. The summed E-state index contributed by atoms with van der Waals surface area (Å²) in [6.45, 7) is 0.0445. The Morgan fingerprint density at radius 3 is 2.81 bits per heavy atom. The molecule has 0 fully saturated rings. The van der Waals surface area contributed by atoms with Crippen molar-refractivity contribution in [2.24, 2.45) is 0 Å². The van der Waals surface area contributed by atoms with Gasteiger partial charge in [0.05, 0.1) is 7.11 Å². The number of methoxy groups -OCH3 is 1. The molecule has 4 nitrogen and oxygen atoms in total. The van der Waals surface area contributed by atoms with Crippen molar-refractivity contribution in [3.63, 3.8) is 0 Å². The highest BCUT2D eigenvalue weighted by molar-refractivity contribution is 5.95. The molecule has 0 unspecified atom stereocenters. The van der Waals surface area contributed by atoms with Crippen molar-refractivity contribution >= 4 is 12.0 Å². The molecule has 0 bridgehead atoms. The first kappa shape index (κ1) is 12.3. The van der Waals surface area contributed by atoms with Crippen molar-refractivity contribution < 1.29 is 19.7 Å². The number of hydrogen-bond acceptors (Lipinski definition) is 3. The highest BCUT2D eigenvalue weighted by Crippen LogP contribution is 2.23. The summed E-state index contributed by atoms with van der Waals surface area (Å²) in [4.78, 5) is 11.1. The summed E-state index contributed by atoms with van der Waals surface area (Å²) in [5.41, 5.74) is 0.708. The number of carboxylic acids is 1. The Labute approximate surface area is 93.8 Å². The molecular formula is C12H14O4. The summed E-state index contributed by atoms with van der Waals surface area (Å²) in [6.07, 6.45) is 3.89. The lowest BCUT2D eigenvalue weighted by atomic mass is 10.1. The summed E-state index contributed by atoms with van der Waals surface area (Å²) >= 11 is 0. The van der Waals surface area contributed by atoms with Gasteiger partial charge in [0, 0.05) is 6.61 Å². The maximum absolute atomic E-state index is 11.1. The van der Waals surface area contributed by atoms with E-state index in [0.29, 0.717) is 17.7 Å². The lowest BCUT2D eigenvalue weighted by Gasteiger charge is -2.07. The molecule has 0 heterocycles. The van der Waals surface area contributed by atoms with Gasteiger partial charge in [0.15, 0.2) is 0 Å². The summed E-state index contributed by atoms with van der Waals surface area (Å²) < 4.78 is 4.99. The molecule has 0 amide bonds. The summed E-state index contributed by atoms with van der Waals surface area (Å²) in [6, 6.07) is 5.02. The normalized spacial score (nSPS) is 10.6. The van der Waals surface area contributed by atoms with E-state index in [9.17, 15) is 4.79 Å². The van der Waals surface area contributed by atoms with Crippen LogP contribution in [0.1, 0.15) is 22.3 Å². The largest absolute Gasteiger partial charge is 0.496 e. The topological polar surface area (TPSA) is 66.8 Å². The van der Waals surface area contributed by atoms with Crippen LogP contribution in [0.5, 0.6) is 5.75 Å². The van der Waals surface area contributed by atoms with Gasteiger partial charge in [0.25, 0.3) is 0 Å². The maximum Gasteiger partial charge on any atom is 0.340 e. The molecule has 0 atom stereocenters. The molecule has 0 aliphatic carbocycles. The van der Waals surface area contributed by atoms with Crippen molar-refractivity contribution in [2.45, 2.75) is 6.42 Å². The SMILES string of the molecule is COc1cccc(C=CCCO)c1C(=O)O. The van der Waals surface area contributed by atoms with E-state index in [0.717, 1.165) is 0 Å². The number of hydrogen-bond donors (Lipinski definition) is 2. The van der Waals surface area contributed by atoms with Crippen LogP contribution < -0.4 is 4.74 Å². The Bertz CT molecular complexity index is 396. The molecule has 2 N–H and O–H groups in total. The molecule has 16 heavy (non-hydrogen) atoms. The molecule has 0 saturated heterocycles. The van der Waals surface area contributed by atoms with E-state index in [1.165, 1.54) is 7.11 Å². The van der Waals surface area contributed by atoms with Crippen LogP contribution >= 0.6 is 0 Å². The van der Waals surface area contributed by atoms with Crippen LogP contribution in [0, 0.1) is 0 Å². The molecule has 1 aromatic rings. The molecule has 1 aromatic carbocycles. The first-order chi connectivity index (χ1) is 7.70. The molecule has 86 valence electrons. The Hall–Kier alpha value is -1.81. The third kappa shape index (κ3) is 2.84. The molecule has 0 aliphatic rings. The summed E-state index contributed by atoms with van der Waals surface area (Å²) in [5.74, 6) is -0.695. The Kier molecular flexibility index (Phi) is 4.54. The number of ether oxygens (including phenoxy) is 1. The number of benzene rings is 1. The van der Waals surface area contributed by atoms with E-state index >= 15 is 0 Å². The van der Waals surface area contributed by atoms with Crippen LogP contribution in [-0.2, 0) is 0 Å². The molecule has 0 spiro atoms. The second-order valence-electron chi connectivity index (χ2n) is 3.14. The second kappa shape index (κ2) is 5.92. The molecule has 4 heteroatoms. The molecule has 0 aliphatic heterocycles. The van der Waals surface area contributed by atoms with Gasteiger partial charge in [0.2, 0.25) is 0 Å².